The molecule has 10 heteroatoms. The van der Waals surface area contributed by atoms with Gasteiger partial charge in [0.2, 0.25) is 5.91 Å². The molecule has 0 radical (unpaired) electrons. The fourth-order valence-corrected chi connectivity index (χ4v) is 6.47. The number of carbonyl (C=O) groups excluding carboxylic acids is 1. The maximum absolute atomic E-state index is 13.7. The van der Waals surface area contributed by atoms with E-state index in [0.29, 0.717) is 28.8 Å². The van der Waals surface area contributed by atoms with Crippen LogP contribution in [0.4, 0.5) is 0 Å². The predicted octanol–water partition coefficient (Wildman–Crippen LogP) is 8.54. The van der Waals surface area contributed by atoms with E-state index in [1.165, 1.54) is 0 Å². The molecule has 5 rings (SSSR count). The minimum absolute atomic E-state index is 0.0366. The molecule has 248 valence electrons. The van der Waals surface area contributed by atoms with Gasteiger partial charge >= 0.3 is 5.97 Å². The summed E-state index contributed by atoms with van der Waals surface area (Å²) in [5.74, 6) is 0.473. The van der Waals surface area contributed by atoms with E-state index in [9.17, 15) is 9.59 Å². The molecule has 1 aliphatic rings. The van der Waals surface area contributed by atoms with E-state index < -0.39 is 5.97 Å². The van der Waals surface area contributed by atoms with Crippen LogP contribution < -0.4 is 10.1 Å². The van der Waals surface area contributed by atoms with E-state index in [0.717, 1.165) is 73.3 Å². The van der Waals surface area contributed by atoms with Gasteiger partial charge in [0, 0.05) is 36.4 Å². The van der Waals surface area contributed by atoms with Gasteiger partial charge in [-0.3, -0.25) is 4.79 Å². The third-order valence-corrected chi connectivity index (χ3v) is 9.29. The molecule has 1 amide bonds. The van der Waals surface area contributed by atoms with E-state index in [1.807, 2.05) is 36.5 Å². The Morgan fingerprint density at radius 3 is 2.34 bits per heavy atom. The molecule has 1 heterocycles. The van der Waals surface area contributed by atoms with Crippen molar-refractivity contribution >= 4 is 35.1 Å². The van der Waals surface area contributed by atoms with Crippen LogP contribution >= 0.6 is 23.2 Å². The van der Waals surface area contributed by atoms with Crippen molar-refractivity contribution in [1.82, 2.24) is 14.9 Å². The Balaban J connectivity index is 1.38. The number of ether oxygens (including phenoxy) is 2. The molecule has 47 heavy (non-hydrogen) atoms. The van der Waals surface area contributed by atoms with Gasteiger partial charge in [0.05, 0.1) is 28.4 Å². The van der Waals surface area contributed by atoms with Crippen molar-refractivity contribution in [3.05, 3.63) is 105 Å². The summed E-state index contributed by atoms with van der Waals surface area (Å²) >= 11 is 12.8. The average molecular weight is 679 g/mol. The van der Waals surface area contributed by atoms with Crippen LogP contribution in [0.25, 0.3) is 11.3 Å². The van der Waals surface area contributed by atoms with Crippen molar-refractivity contribution < 1.29 is 24.2 Å². The zero-order valence-corrected chi connectivity index (χ0v) is 28.3. The summed E-state index contributed by atoms with van der Waals surface area (Å²) in [7, 11) is 1.73. The molecule has 0 spiro atoms. The normalized spacial score (nSPS) is 16.9. The number of nitrogens with zero attached hydrogens (tertiary/aromatic N) is 2. The van der Waals surface area contributed by atoms with E-state index in [2.05, 4.69) is 16.8 Å². The monoisotopic (exact) mass is 677 g/mol. The van der Waals surface area contributed by atoms with Gasteiger partial charge in [-0.25, -0.2) is 9.78 Å². The Morgan fingerprint density at radius 2 is 1.70 bits per heavy atom. The van der Waals surface area contributed by atoms with E-state index in [4.69, 9.17) is 42.8 Å². The minimum atomic E-state index is -0.959. The number of carboxylic acid groups (broad SMARTS) is 1. The number of methoxy groups -OCH3 is 1. The molecule has 1 saturated carbocycles. The first-order valence-electron chi connectivity index (χ1n) is 16.1. The molecule has 3 aromatic carbocycles. The first-order valence-corrected chi connectivity index (χ1v) is 16.9. The molecule has 0 unspecified atom stereocenters. The lowest BCUT2D eigenvalue weighted by atomic mass is 9.86. The number of nitrogens with one attached hydrogen (secondary N) is 1. The van der Waals surface area contributed by atoms with Gasteiger partial charge in [0.15, 0.2) is 0 Å². The summed E-state index contributed by atoms with van der Waals surface area (Å²) in [4.78, 5) is 29.9. The number of aromatic carboxylic acids is 1. The molecule has 1 aliphatic carbocycles. The average Bonchev–Trinajstić information content (AvgIpc) is 3.50. The molecular weight excluding hydrogens is 637 g/mol. The van der Waals surface area contributed by atoms with Gasteiger partial charge in [-0.15, -0.1) is 0 Å². The lowest BCUT2D eigenvalue weighted by Gasteiger charge is -2.28. The van der Waals surface area contributed by atoms with Crippen LogP contribution in [0.15, 0.2) is 72.9 Å². The standard InChI is InChI=1S/C37H41Cl2N3O5/c1-3-4-19-42-22-34(31-18-13-28(38)21-32(31)39)40-35(42)33(41-36(43)26-11-16-29(46-2)17-12-26)20-24-7-14-30(15-8-24)47-23-25-5-9-27(10-6-25)37(44)45/h5-10,13-15,18,21-22,26,29,33H,3-4,11-12,16-17,19-20,23H2,1-2H3,(H,41,43)(H,44,45)/t26?,29?,33-/m0/s1. The molecule has 2 N–H and O–H groups in total. The lowest BCUT2D eigenvalue weighted by Crippen LogP contribution is -2.38. The molecule has 0 saturated heterocycles. The van der Waals surface area contributed by atoms with Crippen molar-refractivity contribution in [2.24, 2.45) is 5.92 Å². The molecule has 0 bridgehead atoms. The van der Waals surface area contributed by atoms with Crippen LogP contribution in [-0.2, 0) is 29.1 Å². The van der Waals surface area contributed by atoms with Crippen molar-refractivity contribution in [2.75, 3.05) is 7.11 Å². The molecule has 1 atom stereocenters. The lowest BCUT2D eigenvalue weighted by molar-refractivity contribution is -0.127. The summed E-state index contributed by atoms with van der Waals surface area (Å²) in [6, 6.07) is 19.5. The molecule has 1 aromatic heterocycles. The highest BCUT2D eigenvalue weighted by Gasteiger charge is 2.30. The Bertz CT molecular complexity index is 1650. The van der Waals surface area contributed by atoms with Crippen LogP contribution in [0.2, 0.25) is 10.0 Å². The Kier molecular flexibility index (Phi) is 12.0. The highest BCUT2D eigenvalue weighted by Crippen LogP contribution is 2.33. The Morgan fingerprint density at radius 1 is 1.00 bits per heavy atom. The fourth-order valence-electron chi connectivity index (χ4n) is 5.97. The Hall–Kier alpha value is -3.85. The van der Waals surface area contributed by atoms with E-state index >= 15 is 0 Å². The zero-order chi connectivity index (χ0) is 33.3. The number of imidazole rings is 1. The summed E-state index contributed by atoms with van der Waals surface area (Å²) in [5, 5.41) is 13.6. The van der Waals surface area contributed by atoms with Crippen molar-refractivity contribution in [3.63, 3.8) is 0 Å². The molecule has 4 aromatic rings. The minimum Gasteiger partial charge on any atom is -0.489 e. The van der Waals surface area contributed by atoms with Crippen LogP contribution in [-0.4, -0.2) is 39.7 Å². The maximum atomic E-state index is 13.7. The molecule has 0 aliphatic heterocycles. The number of hydrogen-bond donors (Lipinski definition) is 2. The summed E-state index contributed by atoms with van der Waals surface area (Å²) in [6.45, 7) is 3.22. The van der Waals surface area contributed by atoms with E-state index in [-0.39, 0.29) is 29.5 Å². The van der Waals surface area contributed by atoms with Crippen LogP contribution in [0, 0.1) is 5.92 Å². The number of amides is 1. The van der Waals surface area contributed by atoms with Gasteiger partial charge in [0.25, 0.3) is 0 Å². The highest BCUT2D eigenvalue weighted by atomic mass is 35.5. The highest BCUT2D eigenvalue weighted by molar-refractivity contribution is 6.36. The predicted molar refractivity (Wildman–Crippen MR) is 184 cm³/mol. The van der Waals surface area contributed by atoms with Gasteiger partial charge in [-0.1, -0.05) is 60.8 Å². The van der Waals surface area contributed by atoms with Crippen molar-refractivity contribution in [1.29, 1.82) is 0 Å². The number of benzene rings is 3. The third kappa shape index (κ3) is 9.15. The van der Waals surface area contributed by atoms with Gasteiger partial charge in [-0.05, 0) is 92.1 Å². The van der Waals surface area contributed by atoms with Crippen LogP contribution in [0.1, 0.15) is 78.8 Å². The topological polar surface area (TPSA) is 103 Å². The van der Waals surface area contributed by atoms with E-state index in [1.54, 1.807) is 43.5 Å². The number of unbranched alkanes of at least 4 members (excludes halogenated alkanes) is 1. The first kappa shape index (κ1) is 34.5. The van der Waals surface area contributed by atoms with Gasteiger partial charge < -0.3 is 24.5 Å². The second-order valence-corrected chi connectivity index (χ2v) is 12.9. The second kappa shape index (κ2) is 16.3. The molecule has 8 nitrogen and oxygen atoms in total. The molecule has 1 fully saturated rings. The Labute approximate surface area is 286 Å². The zero-order valence-electron chi connectivity index (χ0n) is 26.8. The van der Waals surface area contributed by atoms with Crippen molar-refractivity contribution in [3.8, 4) is 17.0 Å². The number of aromatic nitrogens is 2. The number of aryl methyl sites for hydroxylation is 1. The largest absolute Gasteiger partial charge is 0.489 e. The van der Waals surface area contributed by atoms with Crippen LogP contribution in [0.5, 0.6) is 5.75 Å². The SMILES string of the molecule is CCCCn1cc(-c2ccc(Cl)cc2Cl)nc1[C@H](Cc1ccc(OCc2ccc(C(=O)O)cc2)cc1)NC(=O)C1CCC(OC)CC1. The summed E-state index contributed by atoms with van der Waals surface area (Å²) in [6.07, 6.45) is 8.05. The molecular formula is C37H41Cl2N3O5. The summed E-state index contributed by atoms with van der Waals surface area (Å²) in [5.41, 5.74) is 3.65. The maximum Gasteiger partial charge on any atom is 0.335 e. The quantitative estimate of drug-likeness (QED) is 0.139. The van der Waals surface area contributed by atoms with Crippen molar-refractivity contribution in [2.45, 2.75) is 77.2 Å². The number of carboxylic acids is 1. The second-order valence-electron chi connectivity index (χ2n) is 12.1. The number of halogens is 2. The third-order valence-electron chi connectivity index (χ3n) is 8.74. The summed E-state index contributed by atoms with van der Waals surface area (Å²) < 4.78 is 13.6. The first-order chi connectivity index (χ1) is 22.7. The van der Waals surface area contributed by atoms with Gasteiger partial charge in [0.1, 0.15) is 18.2 Å². The van der Waals surface area contributed by atoms with Crippen LogP contribution in [0.3, 0.4) is 0 Å². The number of rotatable bonds is 14. The smallest absolute Gasteiger partial charge is 0.335 e. The van der Waals surface area contributed by atoms with Gasteiger partial charge in [-0.2, -0.15) is 0 Å². The number of hydrogen-bond acceptors (Lipinski definition) is 5. The fraction of sp³-hybridized carbons (Fsp3) is 0.378. The number of carbonyl (C=O) groups is 2.